The summed E-state index contributed by atoms with van der Waals surface area (Å²) < 4.78 is 42.9. The summed E-state index contributed by atoms with van der Waals surface area (Å²) in [5, 5.41) is 3.55. The minimum absolute atomic E-state index is 0.120. The first-order valence-corrected chi connectivity index (χ1v) is 13.3. The van der Waals surface area contributed by atoms with Crippen molar-refractivity contribution < 1.29 is 6.85 Å². The normalized spacial score (nSPS) is 14.3. The second kappa shape index (κ2) is 9.98. The molecular formula is C36H44N2. The molecule has 0 radical (unpaired) electrons. The smallest absolute Gasteiger partial charge is 0.0629 e. The molecule has 0 aliphatic heterocycles. The fourth-order valence-corrected chi connectivity index (χ4v) is 4.41. The molecule has 0 atom stereocenters. The van der Waals surface area contributed by atoms with Gasteiger partial charge in [0.05, 0.1) is 23.9 Å². The Balaban J connectivity index is 2.25. The van der Waals surface area contributed by atoms with E-state index in [4.69, 9.17) is 12.6 Å². The molecule has 0 unspecified atom stereocenters. The molecule has 2 nitrogen and oxygen atoms in total. The third kappa shape index (κ3) is 5.96. The second-order valence-corrected chi connectivity index (χ2v) is 13.2. The van der Waals surface area contributed by atoms with Gasteiger partial charge in [-0.05, 0) is 68.3 Å². The molecule has 0 saturated heterocycles. The van der Waals surface area contributed by atoms with Gasteiger partial charge in [0.1, 0.15) is 0 Å². The molecule has 4 aromatic rings. The fourth-order valence-electron chi connectivity index (χ4n) is 4.41. The highest BCUT2D eigenvalue weighted by Gasteiger charge is 2.25. The van der Waals surface area contributed by atoms with Crippen LogP contribution in [-0.4, -0.2) is 0 Å². The van der Waals surface area contributed by atoms with Crippen molar-refractivity contribution >= 4 is 17.1 Å². The van der Waals surface area contributed by atoms with Crippen LogP contribution in [0.2, 0.25) is 0 Å². The number of hydrogen-bond acceptors (Lipinski definition) is 2. The number of anilines is 3. The molecule has 0 aliphatic carbocycles. The van der Waals surface area contributed by atoms with E-state index in [-0.39, 0.29) is 46.0 Å². The van der Waals surface area contributed by atoms with Crippen LogP contribution in [0, 0.1) is 0 Å². The Morgan fingerprint density at radius 2 is 1.08 bits per heavy atom. The third-order valence-corrected chi connectivity index (χ3v) is 6.97. The van der Waals surface area contributed by atoms with Crippen LogP contribution in [0.15, 0.2) is 84.8 Å². The van der Waals surface area contributed by atoms with E-state index < -0.39 is 6.04 Å². The van der Waals surface area contributed by atoms with Gasteiger partial charge in [0.15, 0.2) is 0 Å². The van der Waals surface area contributed by atoms with Gasteiger partial charge in [-0.1, -0.05) is 123 Å². The van der Waals surface area contributed by atoms with Gasteiger partial charge in [-0.15, -0.1) is 0 Å². The summed E-state index contributed by atoms with van der Waals surface area (Å²) in [4.78, 5) is 0. The highest BCUT2D eigenvalue weighted by molar-refractivity contribution is 5.95. The molecule has 4 rings (SSSR count). The zero-order valence-corrected chi connectivity index (χ0v) is 24.3. The van der Waals surface area contributed by atoms with Crippen LogP contribution in [0.5, 0.6) is 0 Å². The van der Waals surface area contributed by atoms with Crippen molar-refractivity contribution in [3.8, 4) is 22.3 Å². The van der Waals surface area contributed by atoms with Gasteiger partial charge in [0, 0.05) is 11.1 Å². The Kier molecular flexibility index (Phi) is 5.63. The lowest BCUT2D eigenvalue weighted by Crippen LogP contribution is -2.17. The zero-order valence-electron chi connectivity index (χ0n) is 29.3. The van der Waals surface area contributed by atoms with Gasteiger partial charge < -0.3 is 11.1 Å². The molecule has 38 heavy (non-hydrogen) atoms. The molecule has 0 fully saturated rings. The van der Waals surface area contributed by atoms with E-state index in [1.165, 1.54) is 11.1 Å². The first-order chi connectivity index (χ1) is 19.7. The van der Waals surface area contributed by atoms with Gasteiger partial charge in [-0.3, -0.25) is 0 Å². The highest BCUT2D eigenvalue weighted by Crippen LogP contribution is 2.45. The van der Waals surface area contributed by atoms with Gasteiger partial charge in [-0.25, -0.2) is 0 Å². The number of nitrogens with one attached hydrogen (secondary N) is 1. The van der Waals surface area contributed by atoms with E-state index in [0.29, 0.717) is 22.6 Å². The number of para-hydroxylation sites is 2. The minimum Gasteiger partial charge on any atom is -0.397 e. The second-order valence-electron chi connectivity index (χ2n) is 13.2. The first-order valence-electron chi connectivity index (χ1n) is 15.8. The molecule has 0 aromatic heterocycles. The summed E-state index contributed by atoms with van der Waals surface area (Å²) in [5.41, 5.74) is 13.6. The van der Waals surface area contributed by atoms with Gasteiger partial charge in [0.2, 0.25) is 0 Å². The van der Waals surface area contributed by atoms with Crippen LogP contribution in [0.4, 0.5) is 17.1 Å². The van der Waals surface area contributed by atoms with Crippen LogP contribution in [0.3, 0.4) is 0 Å². The predicted molar refractivity (Wildman–Crippen MR) is 168 cm³/mol. The monoisotopic (exact) mass is 509 g/mol. The molecule has 0 heterocycles. The first kappa shape index (κ1) is 21.4. The van der Waals surface area contributed by atoms with Crippen molar-refractivity contribution in [1.82, 2.24) is 0 Å². The van der Waals surface area contributed by atoms with E-state index in [1.54, 1.807) is 0 Å². The maximum absolute atomic E-state index is 8.90. The largest absolute Gasteiger partial charge is 0.397 e. The van der Waals surface area contributed by atoms with E-state index in [1.807, 2.05) is 30.3 Å². The van der Waals surface area contributed by atoms with Gasteiger partial charge in [-0.2, -0.15) is 0 Å². The zero-order chi connectivity index (χ0) is 32.2. The molecule has 0 spiro atoms. The van der Waals surface area contributed by atoms with Crippen molar-refractivity contribution in [2.75, 3.05) is 11.1 Å². The topological polar surface area (TPSA) is 38.0 Å². The quantitative estimate of drug-likeness (QED) is 0.269. The Labute approximate surface area is 237 Å². The molecule has 0 saturated carbocycles. The maximum Gasteiger partial charge on any atom is 0.0629 e. The lowest BCUT2D eigenvalue weighted by atomic mass is 9.77. The summed E-state index contributed by atoms with van der Waals surface area (Å²) >= 11 is 0. The van der Waals surface area contributed by atoms with E-state index in [9.17, 15) is 0 Å². The van der Waals surface area contributed by atoms with Crippen molar-refractivity contribution in [2.45, 2.75) is 78.6 Å². The van der Waals surface area contributed by atoms with Crippen LogP contribution in [-0.2, 0) is 16.2 Å². The van der Waals surface area contributed by atoms with Crippen LogP contribution in [0.25, 0.3) is 22.3 Å². The summed E-state index contributed by atoms with van der Waals surface area (Å²) in [6, 6.07) is 16.6. The SMILES string of the molecule is [2H]c1c([2H])c([2H])c(-c2cc(C(C)(C)C)cc(-c3cc(C(C)(C)C)cc(C(C)(C)C)c3)c2Nc2ccccc2N)c([2H])c1[2H]. The van der Waals surface area contributed by atoms with E-state index >= 15 is 0 Å². The predicted octanol–water partition coefficient (Wildman–Crippen LogP) is 10.2. The molecular weight excluding hydrogens is 460 g/mol. The molecule has 3 N–H and O–H groups in total. The Bertz CT molecular complexity index is 1640. The lowest BCUT2D eigenvalue weighted by Gasteiger charge is -2.29. The van der Waals surface area contributed by atoms with Crippen molar-refractivity contribution in [1.29, 1.82) is 0 Å². The number of hydrogen-bond donors (Lipinski definition) is 2. The minimum atomic E-state index is -0.416. The Hall–Kier alpha value is -3.52. The fraction of sp³-hybridized carbons (Fsp3) is 0.333. The van der Waals surface area contributed by atoms with E-state index in [2.05, 4.69) is 91.9 Å². The maximum atomic E-state index is 8.90. The lowest BCUT2D eigenvalue weighted by molar-refractivity contribution is 0.569. The number of nitrogens with two attached hydrogens (primary N) is 1. The van der Waals surface area contributed by atoms with Crippen LogP contribution in [0.1, 0.15) is 85.9 Å². The molecule has 198 valence electrons. The number of nitrogen functional groups attached to an aromatic ring is 1. The summed E-state index contributed by atoms with van der Waals surface area (Å²) in [5.74, 6) is 0. The van der Waals surface area contributed by atoms with E-state index in [0.717, 1.165) is 16.7 Å². The molecule has 4 aromatic carbocycles. The van der Waals surface area contributed by atoms with Gasteiger partial charge >= 0.3 is 0 Å². The van der Waals surface area contributed by atoms with Gasteiger partial charge in [0.25, 0.3) is 0 Å². The standard InChI is InChI=1S/C36H44N2/c1-34(2,3)26-19-25(20-27(21-26)35(4,5)6)30-23-28(36(7,8)9)22-29(24-15-11-10-12-16-24)33(30)38-32-18-14-13-17-31(32)37/h10-23,38H,37H2,1-9H3/i10D,11D,12D,15D,16D. The van der Waals surface area contributed by atoms with Crippen molar-refractivity contribution in [3.05, 3.63) is 101 Å². The van der Waals surface area contributed by atoms with Crippen molar-refractivity contribution in [3.63, 3.8) is 0 Å². The summed E-state index contributed by atoms with van der Waals surface area (Å²) in [6.45, 7) is 19.6. The van der Waals surface area contributed by atoms with Crippen LogP contribution >= 0.6 is 0 Å². The van der Waals surface area contributed by atoms with Crippen LogP contribution < -0.4 is 11.1 Å². The summed E-state index contributed by atoms with van der Waals surface area (Å²) in [7, 11) is 0. The number of benzene rings is 4. The Morgan fingerprint density at radius 1 is 0.605 bits per heavy atom. The third-order valence-electron chi connectivity index (χ3n) is 6.97. The van der Waals surface area contributed by atoms with Crippen molar-refractivity contribution in [2.24, 2.45) is 0 Å². The molecule has 0 bridgehead atoms. The highest BCUT2D eigenvalue weighted by atomic mass is 14.9. The Morgan fingerprint density at radius 3 is 1.58 bits per heavy atom. The average molecular weight is 510 g/mol. The average Bonchev–Trinajstić information content (AvgIpc) is 2.91. The molecule has 2 heteroatoms. The summed E-state index contributed by atoms with van der Waals surface area (Å²) in [6.07, 6.45) is 0. The molecule has 0 aliphatic rings. The molecule has 0 amide bonds. The number of rotatable bonds is 4.